The molecule has 0 spiro atoms. The SMILES string of the molecule is O=C(CO)CCc1cc(CN2CCCCC2)ccn1. The van der Waals surface area contributed by atoms with Crippen molar-refractivity contribution in [3.8, 4) is 0 Å². The number of aliphatic hydroxyl groups excluding tert-OH is 1. The zero-order valence-corrected chi connectivity index (χ0v) is 11.3. The second kappa shape index (κ2) is 7.36. The van der Waals surface area contributed by atoms with Crippen LogP contribution in [0.25, 0.3) is 0 Å². The minimum Gasteiger partial charge on any atom is -0.389 e. The second-order valence-electron chi connectivity index (χ2n) is 5.19. The molecule has 0 atom stereocenters. The molecule has 0 unspecified atom stereocenters. The zero-order chi connectivity index (χ0) is 13.5. The number of aliphatic hydroxyl groups is 1. The zero-order valence-electron chi connectivity index (χ0n) is 11.3. The lowest BCUT2D eigenvalue weighted by molar-refractivity contribution is -0.121. The van der Waals surface area contributed by atoms with Gasteiger partial charge in [0.2, 0.25) is 0 Å². The number of nitrogens with zero attached hydrogens (tertiary/aromatic N) is 2. The minimum atomic E-state index is -0.368. The normalized spacial score (nSPS) is 16.5. The molecule has 0 bridgehead atoms. The number of ketones is 1. The van der Waals surface area contributed by atoms with Gasteiger partial charge in [-0.15, -0.1) is 0 Å². The van der Waals surface area contributed by atoms with Gasteiger partial charge in [0.1, 0.15) is 6.61 Å². The van der Waals surface area contributed by atoms with Crippen LogP contribution in [0.5, 0.6) is 0 Å². The van der Waals surface area contributed by atoms with Crippen LogP contribution in [0.1, 0.15) is 36.9 Å². The van der Waals surface area contributed by atoms with E-state index in [-0.39, 0.29) is 12.4 Å². The fourth-order valence-corrected chi connectivity index (χ4v) is 2.49. The molecule has 0 radical (unpaired) electrons. The fraction of sp³-hybridized carbons (Fsp3) is 0.600. The molecular weight excluding hydrogens is 240 g/mol. The summed E-state index contributed by atoms with van der Waals surface area (Å²) in [6.45, 7) is 2.97. The fourth-order valence-electron chi connectivity index (χ4n) is 2.49. The third-order valence-electron chi connectivity index (χ3n) is 3.57. The predicted molar refractivity (Wildman–Crippen MR) is 73.8 cm³/mol. The monoisotopic (exact) mass is 262 g/mol. The Morgan fingerprint density at radius 2 is 2.11 bits per heavy atom. The lowest BCUT2D eigenvalue weighted by atomic mass is 10.1. The Morgan fingerprint density at radius 3 is 2.84 bits per heavy atom. The molecule has 1 aromatic rings. The van der Waals surface area contributed by atoms with Crippen molar-refractivity contribution in [1.82, 2.24) is 9.88 Å². The highest BCUT2D eigenvalue weighted by Crippen LogP contribution is 2.13. The van der Waals surface area contributed by atoms with E-state index in [1.807, 2.05) is 12.3 Å². The Labute approximate surface area is 114 Å². The number of hydrogen-bond donors (Lipinski definition) is 1. The quantitative estimate of drug-likeness (QED) is 0.845. The minimum absolute atomic E-state index is 0.122. The Morgan fingerprint density at radius 1 is 1.32 bits per heavy atom. The third kappa shape index (κ3) is 4.73. The summed E-state index contributed by atoms with van der Waals surface area (Å²) >= 11 is 0. The number of likely N-dealkylation sites (tertiary alicyclic amines) is 1. The van der Waals surface area contributed by atoms with Crippen LogP contribution in [-0.4, -0.2) is 40.5 Å². The summed E-state index contributed by atoms with van der Waals surface area (Å²) in [5.41, 5.74) is 2.21. The molecule has 1 aliphatic heterocycles. The van der Waals surface area contributed by atoms with Crippen LogP contribution in [0.4, 0.5) is 0 Å². The van der Waals surface area contributed by atoms with Crippen molar-refractivity contribution >= 4 is 5.78 Å². The molecule has 0 amide bonds. The highest BCUT2D eigenvalue weighted by atomic mass is 16.3. The lowest BCUT2D eigenvalue weighted by Gasteiger charge is -2.26. The Hall–Kier alpha value is -1.26. The average molecular weight is 262 g/mol. The smallest absolute Gasteiger partial charge is 0.158 e. The first-order chi connectivity index (χ1) is 9.28. The highest BCUT2D eigenvalue weighted by molar-refractivity contribution is 5.79. The molecule has 1 N–H and O–H groups in total. The van der Waals surface area contributed by atoms with Gasteiger partial charge in [0, 0.05) is 24.9 Å². The number of carbonyl (C=O) groups excluding carboxylic acids is 1. The molecule has 0 aromatic carbocycles. The number of rotatable bonds is 6. The van der Waals surface area contributed by atoms with Crippen LogP contribution >= 0.6 is 0 Å². The van der Waals surface area contributed by atoms with Crippen molar-refractivity contribution in [2.75, 3.05) is 19.7 Å². The molecule has 2 rings (SSSR count). The van der Waals surface area contributed by atoms with E-state index >= 15 is 0 Å². The molecule has 2 heterocycles. The van der Waals surface area contributed by atoms with E-state index in [9.17, 15) is 4.79 Å². The maximum Gasteiger partial charge on any atom is 0.158 e. The molecule has 19 heavy (non-hydrogen) atoms. The Balaban J connectivity index is 1.88. The first-order valence-electron chi connectivity index (χ1n) is 7.06. The van der Waals surface area contributed by atoms with Crippen LogP contribution in [0, 0.1) is 0 Å². The maximum atomic E-state index is 11.1. The number of Topliss-reactive ketones (excluding diaryl/α,β-unsaturated/α-hetero) is 1. The number of aryl methyl sites for hydroxylation is 1. The van der Waals surface area contributed by atoms with Crippen molar-refractivity contribution in [2.24, 2.45) is 0 Å². The Bertz CT molecular complexity index is 414. The van der Waals surface area contributed by atoms with E-state index in [4.69, 9.17) is 5.11 Å². The number of hydrogen-bond acceptors (Lipinski definition) is 4. The van der Waals surface area contributed by atoms with E-state index in [1.54, 1.807) is 0 Å². The molecule has 1 aromatic heterocycles. The van der Waals surface area contributed by atoms with Crippen molar-refractivity contribution < 1.29 is 9.90 Å². The molecular formula is C15H22N2O2. The number of aromatic nitrogens is 1. The molecule has 4 nitrogen and oxygen atoms in total. The van der Waals surface area contributed by atoms with E-state index in [0.29, 0.717) is 12.8 Å². The Kier molecular flexibility index (Phi) is 5.48. The molecule has 104 valence electrons. The second-order valence-corrected chi connectivity index (χ2v) is 5.19. The van der Waals surface area contributed by atoms with Crippen LogP contribution in [-0.2, 0) is 17.8 Å². The van der Waals surface area contributed by atoms with Gasteiger partial charge in [-0.1, -0.05) is 6.42 Å². The van der Waals surface area contributed by atoms with Crippen LogP contribution in [0.3, 0.4) is 0 Å². The third-order valence-corrected chi connectivity index (χ3v) is 3.57. The number of piperidine rings is 1. The maximum absolute atomic E-state index is 11.1. The lowest BCUT2D eigenvalue weighted by Crippen LogP contribution is -2.29. The van der Waals surface area contributed by atoms with Gasteiger partial charge in [-0.3, -0.25) is 14.7 Å². The van der Waals surface area contributed by atoms with Crippen LogP contribution in [0.2, 0.25) is 0 Å². The van der Waals surface area contributed by atoms with E-state index in [1.165, 1.54) is 37.9 Å². The summed E-state index contributed by atoms with van der Waals surface area (Å²) in [5, 5.41) is 8.71. The van der Waals surface area contributed by atoms with Gasteiger partial charge in [-0.05, 0) is 50.0 Å². The predicted octanol–water partition coefficient (Wildman–Crippen LogP) is 1.56. The van der Waals surface area contributed by atoms with E-state index in [0.717, 1.165) is 12.2 Å². The van der Waals surface area contributed by atoms with E-state index in [2.05, 4.69) is 16.0 Å². The van der Waals surface area contributed by atoms with E-state index < -0.39 is 0 Å². The van der Waals surface area contributed by atoms with Crippen molar-refractivity contribution in [3.63, 3.8) is 0 Å². The highest BCUT2D eigenvalue weighted by Gasteiger charge is 2.11. The summed E-state index contributed by atoms with van der Waals surface area (Å²) in [4.78, 5) is 17.9. The van der Waals surface area contributed by atoms with Gasteiger partial charge in [-0.25, -0.2) is 0 Å². The molecule has 4 heteroatoms. The van der Waals surface area contributed by atoms with Gasteiger partial charge >= 0.3 is 0 Å². The summed E-state index contributed by atoms with van der Waals surface area (Å²) in [6, 6.07) is 4.13. The molecule has 1 fully saturated rings. The van der Waals surface area contributed by atoms with Crippen molar-refractivity contribution in [3.05, 3.63) is 29.6 Å². The average Bonchev–Trinajstić information content (AvgIpc) is 2.46. The van der Waals surface area contributed by atoms with Crippen molar-refractivity contribution in [2.45, 2.75) is 38.6 Å². The summed E-state index contributed by atoms with van der Waals surface area (Å²) < 4.78 is 0. The van der Waals surface area contributed by atoms with Crippen LogP contribution < -0.4 is 0 Å². The van der Waals surface area contributed by atoms with Gasteiger partial charge in [0.15, 0.2) is 5.78 Å². The summed E-state index contributed by atoms with van der Waals surface area (Å²) in [5.74, 6) is -0.122. The van der Waals surface area contributed by atoms with Gasteiger partial charge in [0.05, 0.1) is 0 Å². The molecule has 0 aliphatic carbocycles. The summed E-state index contributed by atoms with van der Waals surface area (Å²) in [6.07, 6.45) is 6.75. The molecule has 1 aliphatic rings. The van der Waals surface area contributed by atoms with Gasteiger partial charge in [0.25, 0.3) is 0 Å². The first kappa shape index (κ1) is 14.2. The number of pyridine rings is 1. The standard InChI is InChI=1S/C15H22N2O2/c18-12-15(19)5-4-14-10-13(6-7-16-14)11-17-8-2-1-3-9-17/h6-7,10,18H,1-5,8-9,11-12H2. The van der Waals surface area contributed by atoms with Gasteiger partial charge < -0.3 is 5.11 Å². The van der Waals surface area contributed by atoms with Crippen molar-refractivity contribution in [1.29, 1.82) is 0 Å². The number of carbonyl (C=O) groups is 1. The molecule has 0 saturated carbocycles. The topological polar surface area (TPSA) is 53.4 Å². The molecule has 1 saturated heterocycles. The largest absolute Gasteiger partial charge is 0.389 e. The van der Waals surface area contributed by atoms with Crippen LogP contribution in [0.15, 0.2) is 18.3 Å². The first-order valence-corrected chi connectivity index (χ1v) is 7.06. The van der Waals surface area contributed by atoms with Gasteiger partial charge in [-0.2, -0.15) is 0 Å². The summed E-state index contributed by atoms with van der Waals surface area (Å²) in [7, 11) is 0.